The van der Waals surface area contributed by atoms with E-state index in [4.69, 9.17) is 5.11 Å². The summed E-state index contributed by atoms with van der Waals surface area (Å²) in [5.74, 6) is -1.15. The molecule has 5 heteroatoms. The highest BCUT2D eigenvalue weighted by atomic mass is 19.1. The number of carboxylic acids is 1. The van der Waals surface area contributed by atoms with Crippen LogP contribution in [0.5, 0.6) is 0 Å². The van der Waals surface area contributed by atoms with Crippen molar-refractivity contribution < 1.29 is 14.3 Å². The Morgan fingerprint density at radius 3 is 3.18 bits per heavy atom. The topological polar surface area (TPSA) is 62.2 Å². The molecule has 0 saturated carbocycles. The van der Waals surface area contributed by atoms with E-state index >= 15 is 0 Å². The van der Waals surface area contributed by atoms with E-state index in [9.17, 15) is 9.18 Å². The summed E-state index contributed by atoms with van der Waals surface area (Å²) in [4.78, 5) is 14.3. The standard InChI is InChI=1S/C12H15FN2O2/c13-12-9(2-1-4-15-12)10-6-8(3-5-14-10)7-11(16)17/h1-2,4,8,10,14H,3,5-7H2,(H,16,17). The highest BCUT2D eigenvalue weighted by Gasteiger charge is 2.26. The smallest absolute Gasteiger partial charge is 0.303 e. The van der Waals surface area contributed by atoms with Gasteiger partial charge in [-0.05, 0) is 31.4 Å². The fraction of sp³-hybridized carbons (Fsp3) is 0.500. The minimum Gasteiger partial charge on any atom is -0.481 e. The van der Waals surface area contributed by atoms with Gasteiger partial charge in [0.1, 0.15) is 0 Å². The van der Waals surface area contributed by atoms with Crippen LogP contribution in [0.15, 0.2) is 18.3 Å². The molecule has 0 amide bonds. The number of hydrogen-bond donors (Lipinski definition) is 2. The molecule has 0 aromatic carbocycles. The average Bonchev–Trinajstić information content (AvgIpc) is 2.29. The summed E-state index contributed by atoms with van der Waals surface area (Å²) in [7, 11) is 0. The van der Waals surface area contributed by atoms with Crippen LogP contribution in [0.3, 0.4) is 0 Å². The van der Waals surface area contributed by atoms with Crippen LogP contribution in [0.25, 0.3) is 0 Å². The van der Waals surface area contributed by atoms with E-state index in [2.05, 4.69) is 10.3 Å². The number of carboxylic acid groups (broad SMARTS) is 1. The van der Waals surface area contributed by atoms with Gasteiger partial charge in [0.05, 0.1) is 0 Å². The lowest BCUT2D eigenvalue weighted by Crippen LogP contribution is -2.33. The van der Waals surface area contributed by atoms with Crippen LogP contribution in [0.1, 0.15) is 30.9 Å². The molecule has 92 valence electrons. The Kier molecular flexibility index (Phi) is 3.68. The van der Waals surface area contributed by atoms with Crippen molar-refractivity contribution in [3.05, 3.63) is 29.8 Å². The van der Waals surface area contributed by atoms with Gasteiger partial charge in [0, 0.05) is 24.2 Å². The lowest BCUT2D eigenvalue weighted by molar-refractivity contribution is -0.138. The maximum absolute atomic E-state index is 13.5. The second-order valence-electron chi connectivity index (χ2n) is 4.38. The van der Waals surface area contributed by atoms with Crippen LogP contribution in [-0.4, -0.2) is 22.6 Å². The van der Waals surface area contributed by atoms with E-state index in [0.717, 1.165) is 13.0 Å². The number of nitrogens with one attached hydrogen (secondary N) is 1. The molecule has 1 fully saturated rings. The molecule has 0 bridgehead atoms. The van der Waals surface area contributed by atoms with E-state index in [1.54, 1.807) is 12.1 Å². The number of halogens is 1. The van der Waals surface area contributed by atoms with Crippen molar-refractivity contribution in [1.29, 1.82) is 0 Å². The zero-order chi connectivity index (χ0) is 12.3. The molecule has 1 saturated heterocycles. The molecule has 0 aliphatic carbocycles. The van der Waals surface area contributed by atoms with Gasteiger partial charge in [0.25, 0.3) is 0 Å². The Labute approximate surface area is 98.9 Å². The van der Waals surface area contributed by atoms with Crippen LogP contribution in [0.4, 0.5) is 4.39 Å². The number of rotatable bonds is 3. The zero-order valence-electron chi connectivity index (χ0n) is 9.40. The van der Waals surface area contributed by atoms with Gasteiger partial charge in [0.2, 0.25) is 5.95 Å². The quantitative estimate of drug-likeness (QED) is 0.787. The summed E-state index contributed by atoms with van der Waals surface area (Å²) >= 11 is 0. The first-order valence-electron chi connectivity index (χ1n) is 5.72. The molecule has 2 N–H and O–H groups in total. The molecule has 1 aliphatic heterocycles. The summed E-state index contributed by atoms with van der Waals surface area (Å²) < 4.78 is 13.5. The van der Waals surface area contributed by atoms with Gasteiger partial charge in [-0.2, -0.15) is 4.39 Å². The summed E-state index contributed by atoms with van der Waals surface area (Å²) in [5.41, 5.74) is 0.530. The van der Waals surface area contributed by atoms with Crippen LogP contribution < -0.4 is 5.32 Å². The molecule has 0 spiro atoms. The first-order chi connectivity index (χ1) is 8.16. The summed E-state index contributed by atoms with van der Waals surface area (Å²) in [6.07, 6.45) is 3.04. The second kappa shape index (κ2) is 5.23. The molecular weight excluding hydrogens is 223 g/mol. The monoisotopic (exact) mass is 238 g/mol. The largest absolute Gasteiger partial charge is 0.481 e. The van der Waals surface area contributed by atoms with Crippen molar-refractivity contribution in [3.63, 3.8) is 0 Å². The molecule has 2 atom stereocenters. The van der Waals surface area contributed by atoms with Crippen molar-refractivity contribution in [2.24, 2.45) is 5.92 Å². The number of aromatic nitrogens is 1. The molecule has 2 unspecified atom stereocenters. The molecule has 17 heavy (non-hydrogen) atoms. The molecule has 4 nitrogen and oxygen atoms in total. The van der Waals surface area contributed by atoms with Crippen LogP contribution >= 0.6 is 0 Å². The van der Waals surface area contributed by atoms with Gasteiger partial charge in [-0.1, -0.05) is 6.07 Å². The SMILES string of the molecule is O=C(O)CC1CCNC(c2cccnc2F)C1. The van der Waals surface area contributed by atoms with E-state index in [0.29, 0.717) is 12.0 Å². The normalized spacial score (nSPS) is 24.5. The van der Waals surface area contributed by atoms with Gasteiger partial charge in [-0.3, -0.25) is 4.79 Å². The molecule has 2 rings (SSSR count). The van der Waals surface area contributed by atoms with Gasteiger partial charge < -0.3 is 10.4 Å². The summed E-state index contributed by atoms with van der Waals surface area (Å²) in [6.45, 7) is 0.719. The Morgan fingerprint density at radius 2 is 2.47 bits per heavy atom. The minimum atomic E-state index is -0.790. The minimum absolute atomic E-state index is 0.110. The third-order valence-electron chi connectivity index (χ3n) is 3.14. The molecule has 0 radical (unpaired) electrons. The predicted molar refractivity (Wildman–Crippen MR) is 59.9 cm³/mol. The average molecular weight is 238 g/mol. The van der Waals surface area contributed by atoms with Gasteiger partial charge in [-0.25, -0.2) is 4.98 Å². The second-order valence-corrected chi connectivity index (χ2v) is 4.38. The predicted octanol–water partition coefficient (Wildman–Crippen LogP) is 1.74. The maximum Gasteiger partial charge on any atom is 0.303 e. The number of pyridine rings is 1. The third kappa shape index (κ3) is 3.00. The number of hydrogen-bond acceptors (Lipinski definition) is 3. The van der Waals surface area contributed by atoms with Crippen LogP contribution in [-0.2, 0) is 4.79 Å². The Bertz CT molecular complexity index is 411. The van der Waals surface area contributed by atoms with Gasteiger partial charge >= 0.3 is 5.97 Å². The lowest BCUT2D eigenvalue weighted by Gasteiger charge is -2.29. The van der Waals surface area contributed by atoms with Crippen molar-refractivity contribution in [1.82, 2.24) is 10.3 Å². The Hall–Kier alpha value is -1.49. The van der Waals surface area contributed by atoms with Crippen LogP contribution in [0, 0.1) is 11.9 Å². The van der Waals surface area contributed by atoms with Gasteiger partial charge in [-0.15, -0.1) is 0 Å². The lowest BCUT2D eigenvalue weighted by atomic mass is 9.87. The van der Waals surface area contributed by atoms with E-state index in [-0.39, 0.29) is 18.4 Å². The molecule has 1 aromatic rings. The first-order valence-corrected chi connectivity index (χ1v) is 5.72. The molecular formula is C12H15FN2O2. The van der Waals surface area contributed by atoms with Crippen molar-refractivity contribution >= 4 is 5.97 Å². The third-order valence-corrected chi connectivity index (χ3v) is 3.14. The number of nitrogens with zero attached hydrogens (tertiary/aromatic N) is 1. The Balaban J connectivity index is 2.07. The number of carbonyl (C=O) groups is 1. The van der Waals surface area contributed by atoms with Crippen LogP contribution in [0.2, 0.25) is 0 Å². The van der Waals surface area contributed by atoms with Crippen molar-refractivity contribution in [3.8, 4) is 0 Å². The number of piperidine rings is 1. The highest BCUT2D eigenvalue weighted by Crippen LogP contribution is 2.29. The number of aliphatic carboxylic acids is 1. The van der Waals surface area contributed by atoms with E-state index < -0.39 is 11.9 Å². The molecule has 2 heterocycles. The van der Waals surface area contributed by atoms with Crippen molar-refractivity contribution in [2.75, 3.05) is 6.54 Å². The summed E-state index contributed by atoms with van der Waals surface area (Å²) in [6, 6.07) is 3.27. The summed E-state index contributed by atoms with van der Waals surface area (Å²) in [5, 5.41) is 12.0. The van der Waals surface area contributed by atoms with Crippen molar-refractivity contribution in [2.45, 2.75) is 25.3 Å². The molecule has 1 aromatic heterocycles. The van der Waals surface area contributed by atoms with E-state index in [1.165, 1.54) is 6.20 Å². The molecule has 1 aliphatic rings. The maximum atomic E-state index is 13.5. The Morgan fingerprint density at radius 1 is 1.65 bits per heavy atom. The van der Waals surface area contributed by atoms with E-state index in [1.807, 2.05) is 0 Å². The highest BCUT2D eigenvalue weighted by molar-refractivity contribution is 5.67. The zero-order valence-corrected chi connectivity index (χ0v) is 9.40. The fourth-order valence-electron chi connectivity index (χ4n) is 2.32. The first kappa shape index (κ1) is 12.0. The fourth-order valence-corrected chi connectivity index (χ4v) is 2.32. The van der Waals surface area contributed by atoms with Gasteiger partial charge in [0.15, 0.2) is 0 Å².